The Labute approximate surface area is 148 Å². The Morgan fingerprint density at radius 3 is 2.35 bits per heavy atom. The minimum absolute atomic E-state index is 0.0174. The van der Waals surface area contributed by atoms with Gasteiger partial charge in [-0.3, -0.25) is 14.9 Å². The van der Waals surface area contributed by atoms with Crippen molar-refractivity contribution in [3.05, 3.63) is 58.1 Å². The number of nitrogens with zero attached hydrogens (tertiary/aromatic N) is 1. The number of nitro benzene ring substituents is 1. The Kier molecular flexibility index (Phi) is 6.10. The zero-order chi connectivity index (χ0) is 19.1. The van der Waals surface area contributed by atoms with E-state index < -0.39 is 23.4 Å². The molecule has 0 saturated carbocycles. The van der Waals surface area contributed by atoms with Crippen LogP contribution in [0.2, 0.25) is 0 Å². The monoisotopic (exact) mass is 360 g/mol. The summed E-state index contributed by atoms with van der Waals surface area (Å²) in [5.41, 5.74) is 0.0753. The predicted molar refractivity (Wildman–Crippen MR) is 91.6 cm³/mol. The molecule has 1 N–H and O–H groups in total. The van der Waals surface area contributed by atoms with Crippen LogP contribution in [-0.4, -0.2) is 37.6 Å². The van der Waals surface area contributed by atoms with Crippen LogP contribution in [0.3, 0.4) is 0 Å². The first kappa shape index (κ1) is 18.7. The van der Waals surface area contributed by atoms with Gasteiger partial charge in [0.1, 0.15) is 5.75 Å². The molecule has 0 radical (unpaired) electrons. The second-order valence-corrected chi connectivity index (χ2v) is 5.00. The van der Waals surface area contributed by atoms with Crippen LogP contribution in [0.4, 0.5) is 11.4 Å². The van der Waals surface area contributed by atoms with Gasteiger partial charge in [-0.2, -0.15) is 0 Å². The smallest absolute Gasteiger partial charge is 0.338 e. The maximum Gasteiger partial charge on any atom is 0.338 e. The zero-order valence-electron chi connectivity index (χ0n) is 14.1. The molecule has 1 amide bonds. The first-order chi connectivity index (χ1) is 12.4. The third-order valence-corrected chi connectivity index (χ3v) is 3.32. The lowest BCUT2D eigenvalue weighted by Crippen LogP contribution is -2.21. The van der Waals surface area contributed by atoms with E-state index in [1.807, 2.05) is 0 Å². The molecule has 0 heterocycles. The van der Waals surface area contributed by atoms with Crippen molar-refractivity contribution in [2.24, 2.45) is 0 Å². The number of benzene rings is 2. The first-order valence-corrected chi connectivity index (χ1v) is 7.38. The molecule has 0 aliphatic rings. The van der Waals surface area contributed by atoms with Crippen molar-refractivity contribution in [1.82, 2.24) is 0 Å². The Balaban J connectivity index is 1.96. The van der Waals surface area contributed by atoms with Gasteiger partial charge in [0.05, 0.1) is 24.7 Å². The molecule has 0 fully saturated rings. The number of nitro groups is 1. The summed E-state index contributed by atoms with van der Waals surface area (Å²) in [5, 5.41) is 13.5. The summed E-state index contributed by atoms with van der Waals surface area (Å²) in [7, 11) is 2.81. The average molecular weight is 360 g/mol. The van der Waals surface area contributed by atoms with Crippen molar-refractivity contribution in [2.45, 2.75) is 0 Å². The number of methoxy groups -OCH3 is 2. The molecule has 0 bridgehead atoms. The molecule has 0 aliphatic carbocycles. The van der Waals surface area contributed by atoms with Crippen LogP contribution < -0.4 is 14.8 Å². The fourth-order valence-electron chi connectivity index (χ4n) is 2.05. The summed E-state index contributed by atoms with van der Waals surface area (Å²) >= 11 is 0. The summed E-state index contributed by atoms with van der Waals surface area (Å²) in [4.78, 5) is 34.1. The fraction of sp³-hybridized carbons (Fsp3) is 0.176. The van der Waals surface area contributed by atoms with Crippen LogP contribution in [0, 0.1) is 10.1 Å². The molecule has 0 atom stereocenters. The van der Waals surface area contributed by atoms with Crippen molar-refractivity contribution in [3.63, 3.8) is 0 Å². The third-order valence-electron chi connectivity index (χ3n) is 3.32. The lowest BCUT2D eigenvalue weighted by molar-refractivity contribution is -0.385. The molecule has 2 aromatic carbocycles. The van der Waals surface area contributed by atoms with Crippen LogP contribution in [0.5, 0.6) is 11.5 Å². The minimum Gasteiger partial charge on any atom is -0.497 e. The molecule has 136 valence electrons. The van der Waals surface area contributed by atoms with Crippen molar-refractivity contribution in [3.8, 4) is 11.5 Å². The third kappa shape index (κ3) is 4.69. The van der Waals surface area contributed by atoms with Gasteiger partial charge in [-0.25, -0.2) is 4.79 Å². The number of carbonyl (C=O) groups is 2. The number of hydrogen-bond acceptors (Lipinski definition) is 7. The number of nitrogens with one attached hydrogen (secondary N) is 1. The van der Waals surface area contributed by atoms with Crippen LogP contribution in [-0.2, 0) is 9.53 Å². The van der Waals surface area contributed by atoms with Gasteiger partial charge in [-0.1, -0.05) is 0 Å². The van der Waals surface area contributed by atoms with Crippen molar-refractivity contribution in [2.75, 3.05) is 26.1 Å². The van der Waals surface area contributed by atoms with E-state index in [1.54, 1.807) is 24.3 Å². The summed E-state index contributed by atoms with van der Waals surface area (Å²) in [6.45, 7) is -0.537. The molecule has 0 aromatic heterocycles. The van der Waals surface area contributed by atoms with E-state index in [-0.39, 0.29) is 17.0 Å². The van der Waals surface area contributed by atoms with Gasteiger partial charge in [0.2, 0.25) is 0 Å². The largest absolute Gasteiger partial charge is 0.497 e. The SMILES string of the molecule is COc1ccc(NC(=O)COC(=O)c2ccc(OC)c([N+](=O)[O-])c2)cc1. The molecule has 0 spiro atoms. The van der Waals surface area contributed by atoms with E-state index in [9.17, 15) is 19.7 Å². The summed E-state index contributed by atoms with van der Waals surface area (Å²) < 4.78 is 14.7. The quantitative estimate of drug-likeness (QED) is 0.458. The van der Waals surface area contributed by atoms with Crippen molar-refractivity contribution in [1.29, 1.82) is 0 Å². The molecule has 9 heteroatoms. The molecule has 0 unspecified atom stereocenters. The maximum atomic E-state index is 12.0. The predicted octanol–water partition coefficient (Wildman–Crippen LogP) is 2.41. The number of anilines is 1. The second kappa shape index (κ2) is 8.47. The van der Waals surface area contributed by atoms with Gasteiger partial charge < -0.3 is 19.5 Å². The standard InChI is InChI=1S/C17H16N2O7/c1-24-13-6-4-12(5-7-13)18-16(20)10-26-17(21)11-3-8-15(25-2)14(9-11)19(22)23/h3-9H,10H2,1-2H3,(H,18,20). The highest BCUT2D eigenvalue weighted by atomic mass is 16.6. The van der Waals surface area contributed by atoms with Crippen LogP contribution in [0.1, 0.15) is 10.4 Å². The Hall–Kier alpha value is -3.62. The first-order valence-electron chi connectivity index (χ1n) is 7.38. The number of hydrogen-bond donors (Lipinski definition) is 1. The van der Waals surface area contributed by atoms with E-state index in [1.165, 1.54) is 26.4 Å². The van der Waals surface area contributed by atoms with Gasteiger partial charge in [0.25, 0.3) is 5.91 Å². The number of rotatable bonds is 7. The van der Waals surface area contributed by atoms with Gasteiger partial charge in [-0.05, 0) is 36.4 Å². The number of carbonyl (C=O) groups excluding carboxylic acids is 2. The maximum absolute atomic E-state index is 12.0. The Bertz CT molecular complexity index is 818. The molecular weight excluding hydrogens is 344 g/mol. The van der Waals surface area contributed by atoms with Gasteiger partial charge >= 0.3 is 11.7 Å². The van der Waals surface area contributed by atoms with Gasteiger partial charge in [0, 0.05) is 11.8 Å². The average Bonchev–Trinajstić information content (AvgIpc) is 2.66. The minimum atomic E-state index is -0.861. The van der Waals surface area contributed by atoms with Gasteiger partial charge in [0.15, 0.2) is 12.4 Å². The summed E-state index contributed by atoms with van der Waals surface area (Å²) in [5.74, 6) is -0.758. The van der Waals surface area contributed by atoms with Crippen LogP contribution in [0.15, 0.2) is 42.5 Å². The number of esters is 1. The van der Waals surface area contributed by atoms with Crippen molar-refractivity contribution < 1.29 is 28.7 Å². The molecular formula is C17H16N2O7. The summed E-state index contributed by atoms with van der Waals surface area (Å²) in [6.07, 6.45) is 0. The van der Waals surface area contributed by atoms with Gasteiger partial charge in [-0.15, -0.1) is 0 Å². The van der Waals surface area contributed by atoms with E-state index in [0.717, 1.165) is 6.07 Å². The number of amides is 1. The molecule has 26 heavy (non-hydrogen) atoms. The van der Waals surface area contributed by atoms with E-state index >= 15 is 0 Å². The topological polar surface area (TPSA) is 117 Å². The molecule has 2 aromatic rings. The lowest BCUT2D eigenvalue weighted by Gasteiger charge is -2.08. The molecule has 0 aliphatic heterocycles. The molecule has 2 rings (SSSR count). The highest BCUT2D eigenvalue weighted by Crippen LogP contribution is 2.27. The Morgan fingerprint density at radius 2 is 1.77 bits per heavy atom. The highest BCUT2D eigenvalue weighted by Gasteiger charge is 2.19. The zero-order valence-corrected chi connectivity index (χ0v) is 14.1. The Morgan fingerprint density at radius 1 is 1.08 bits per heavy atom. The van der Waals surface area contributed by atoms with Crippen molar-refractivity contribution >= 4 is 23.3 Å². The lowest BCUT2D eigenvalue weighted by atomic mass is 10.2. The van der Waals surface area contributed by atoms with E-state index in [2.05, 4.69) is 5.32 Å². The van der Waals surface area contributed by atoms with Crippen LogP contribution >= 0.6 is 0 Å². The van der Waals surface area contributed by atoms with E-state index in [4.69, 9.17) is 14.2 Å². The normalized spacial score (nSPS) is 9.92. The number of ether oxygens (including phenoxy) is 3. The molecule has 9 nitrogen and oxygen atoms in total. The second-order valence-electron chi connectivity index (χ2n) is 5.00. The highest BCUT2D eigenvalue weighted by molar-refractivity contribution is 5.95. The molecule has 0 saturated heterocycles. The fourth-order valence-corrected chi connectivity index (χ4v) is 2.05. The van der Waals surface area contributed by atoms with Crippen LogP contribution in [0.25, 0.3) is 0 Å². The summed E-state index contributed by atoms with van der Waals surface area (Å²) in [6, 6.07) is 10.2. The van der Waals surface area contributed by atoms with E-state index in [0.29, 0.717) is 11.4 Å².